The van der Waals surface area contributed by atoms with Gasteiger partial charge in [0.25, 0.3) is 0 Å². The minimum absolute atomic E-state index is 0.567. The van der Waals surface area contributed by atoms with E-state index in [4.69, 9.17) is 5.73 Å². The molecule has 2 N–H and O–H groups in total. The van der Waals surface area contributed by atoms with Gasteiger partial charge >= 0.3 is 0 Å². The lowest BCUT2D eigenvalue weighted by molar-refractivity contribution is 0.872. The Kier molecular flexibility index (Phi) is 3.99. The Morgan fingerprint density at radius 1 is 1.33 bits per heavy atom. The summed E-state index contributed by atoms with van der Waals surface area (Å²) in [6, 6.07) is 6.27. The van der Waals surface area contributed by atoms with Crippen molar-refractivity contribution in [2.45, 2.75) is 26.9 Å². The van der Waals surface area contributed by atoms with Crippen molar-refractivity contribution in [1.29, 1.82) is 0 Å². The first-order chi connectivity index (χ1) is 8.61. The molecule has 0 saturated heterocycles. The second-order valence-corrected chi connectivity index (χ2v) is 5.56. The summed E-state index contributed by atoms with van der Waals surface area (Å²) in [5.41, 5.74) is 10.6. The number of thiazole rings is 1. The number of hydrogen-bond acceptors (Lipinski definition) is 4. The first kappa shape index (κ1) is 13.1. The van der Waals surface area contributed by atoms with E-state index in [0.717, 1.165) is 17.2 Å². The lowest BCUT2D eigenvalue weighted by Gasteiger charge is -2.23. The zero-order valence-corrected chi connectivity index (χ0v) is 11.9. The van der Waals surface area contributed by atoms with Crippen molar-refractivity contribution in [3.05, 3.63) is 45.4 Å². The van der Waals surface area contributed by atoms with Crippen molar-refractivity contribution in [2.75, 3.05) is 11.9 Å². The fourth-order valence-electron chi connectivity index (χ4n) is 2.23. The van der Waals surface area contributed by atoms with Gasteiger partial charge in [-0.25, -0.2) is 4.98 Å². The summed E-state index contributed by atoms with van der Waals surface area (Å²) in [4.78, 5) is 6.74. The van der Waals surface area contributed by atoms with Crippen molar-refractivity contribution >= 4 is 17.0 Å². The third kappa shape index (κ3) is 2.71. The molecule has 0 unspecified atom stereocenters. The lowest BCUT2D eigenvalue weighted by atomic mass is 10.1. The maximum absolute atomic E-state index is 5.81. The Balaban J connectivity index is 2.25. The summed E-state index contributed by atoms with van der Waals surface area (Å²) in [6.45, 7) is 5.55. The van der Waals surface area contributed by atoms with Crippen LogP contribution in [0.1, 0.15) is 21.8 Å². The molecule has 18 heavy (non-hydrogen) atoms. The fourth-order valence-corrected chi connectivity index (χ4v) is 2.84. The monoisotopic (exact) mass is 261 g/mol. The Hall–Kier alpha value is -1.39. The minimum Gasteiger partial charge on any atom is -0.368 e. The summed E-state index contributed by atoms with van der Waals surface area (Å²) in [6.07, 6.45) is 0. The highest BCUT2D eigenvalue weighted by Crippen LogP contribution is 2.25. The van der Waals surface area contributed by atoms with Crippen molar-refractivity contribution in [2.24, 2.45) is 5.73 Å². The minimum atomic E-state index is 0.567. The Morgan fingerprint density at radius 3 is 2.72 bits per heavy atom. The van der Waals surface area contributed by atoms with Crippen LogP contribution in [-0.4, -0.2) is 12.0 Å². The quantitative estimate of drug-likeness (QED) is 0.920. The van der Waals surface area contributed by atoms with E-state index in [1.807, 2.05) is 6.92 Å². The van der Waals surface area contributed by atoms with Crippen LogP contribution in [0.2, 0.25) is 0 Å². The first-order valence-electron chi connectivity index (χ1n) is 6.02. The van der Waals surface area contributed by atoms with E-state index in [2.05, 4.69) is 47.4 Å². The standard InChI is InChI=1S/C14H19N3S/c1-10-5-4-6-12(7-15)14(10)17(3)8-13-9-18-11(2)16-13/h4-6,9H,7-8,15H2,1-3H3. The van der Waals surface area contributed by atoms with E-state index in [1.165, 1.54) is 16.8 Å². The van der Waals surface area contributed by atoms with Gasteiger partial charge in [-0.2, -0.15) is 0 Å². The summed E-state index contributed by atoms with van der Waals surface area (Å²) in [5, 5.41) is 3.23. The molecule has 3 nitrogen and oxygen atoms in total. The molecule has 1 aromatic carbocycles. The Labute approximate surface area is 112 Å². The largest absolute Gasteiger partial charge is 0.368 e. The van der Waals surface area contributed by atoms with E-state index in [-0.39, 0.29) is 0 Å². The van der Waals surface area contributed by atoms with Crippen molar-refractivity contribution < 1.29 is 0 Å². The molecule has 0 spiro atoms. The molecule has 0 saturated carbocycles. The molecule has 4 heteroatoms. The van der Waals surface area contributed by atoms with Crippen LogP contribution in [0.3, 0.4) is 0 Å². The normalized spacial score (nSPS) is 10.7. The van der Waals surface area contributed by atoms with E-state index < -0.39 is 0 Å². The topological polar surface area (TPSA) is 42.2 Å². The Morgan fingerprint density at radius 2 is 2.11 bits per heavy atom. The summed E-state index contributed by atoms with van der Waals surface area (Å²) in [5.74, 6) is 0. The Bertz CT molecular complexity index is 534. The third-order valence-corrected chi connectivity index (χ3v) is 3.81. The molecule has 1 heterocycles. The van der Waals surface area contributed by atoms with Gasteiger partial charge in [-0.3, -0.25) is 0 Å². The molecule has 2 rings (SSSR count). The van der Waals surface area contributed by atoms with Gasteiger partial charge in [0, 0.05) is 24.7 Å². The molecule has 96 valence electrons. The van der Waals surface area contributed by atoms with E-state index in [1.54, 1.807) is 11.3 Å². The molecule has 0 fully saturated rings. The SMILES string of the molecule is Cc1nc(CN(C)c2c(C)cccc2CN)cs1. The number of rotatable bonds is 4. The average molecular weight is 261 g/mol. The molecule has 0 aliphatic rings. The molecule has 0 amide bonds. The maximum Gasteiger partial charge on any atom is 0.0898 e. The third-order valence-electron chi connectivity index (χ3n) is 2.99. The zero-order valence-electron chi connectivity index (χ0n) is 11.1. The van der Waals surface area contributed by atoms with Crippen LogP contribution in [0.15, 0.2) is 23.6 Å². The number of nitrogens with two attached hydrogens (primary N) is 1. The summed E-state index contributed by atoms with van der Waals surface area (Å²) < 4.78 is 0. The van der Waals surface area contributed by atoms with Gasteiger partial charge in [-0.1, -0.05) is 18.2 Å². The van der Waals surface area contributed by atoms with Crippen molar-refractivity contribution in [3.8, 4) is 0 Å². The van der Waals surface area contributed by atoms with Crippen LogP contribution >= 0.6 is 11.3 Å². The van der Waals surface area contributed by atoms with E-state index in [0.29, 0.717) is 6.54 Å². The molecule has 1 aromatic heterocycles. The van der Waals surface area contributed by atoms with Gasteiger partial charge in [0.1, 0.15) is 0 Å². The highest BCUT2D eigenvalue weighted by molar-refractivity contribution is 7.09. The van der Waals surface area contributed by atoms with Crippen LogP contribution < -0.4 is 10.6 Å². The van der Waals surface area contributed by atoms with Crippen LogP contribution in [0.4, 0.5) is 5.69 Å². The lowest BCUT2D eigenvalue weighted by Crippen LogP contribution is -2.20. The van der Waals surface area contributed by atoms with Crippen LogP contribution in [0, 0.1) is 13.8 Å². The average Bonchev–Trinajstić information content (AvgIpc) is 2.74. The number of hydrogen-bond donors (Lipinski definition) is 1. The summed E-state index contributed by atoms with van der Waals surface area (Å²) >= 11 is 1.69. The smallest absolute Gasteiger partial charge is 0.0898 e. The first-order valence-corrected chi connectivity index (χ1v) is 6.90. The van der Waals surface area contributed by atoms with Crippen LogP contribution in [0.25, 0.3) is 0 Å². The fraction of sp³-hybridized carbons (Fsp3) is 0.357. The second kappa shape index (κ2) is 5.50. The number of benzene rings is 1. The van der Waals surface area contributed by atoms with Crippen molar-refractivity contribution in [3.63, 3.8) is 0 Å². The number of aryl methyl sites for hydroxylation is 2. The molecule has 0 aliphatic carbocycles. The van der Waals surface area contributed by atoms with Gasteiger partial charge in [-0.15, -0.1) is 11.3 Å². The number of anilines is 1. The molecule has 2 aromatic rings. The molecule has 0 radical (unpaired) electrons. The van der Waals surface area contributed by atoms with Gasteiger partial charge in [0.15, 0.2) is 0 Å². The molecular weight excluding hydrogens is 242 g/mol. The molecule has 0 aliphatic heterocycles. The van der Waals surface area contributed by atoms with Crippen molar-refractivity contribution in [1.82, 2.24) is 4.98 Å². The van der Waals surface area contributed by atoms with Gasteiger partial charge < -0.3 is 10.6 Å². The molecule has 0 atom stereocenters. The maximum atomic E-state index is 5.81. The molecule has 0 bridgehead atoms. The summed E-state index contributed by atoms with van der Waals surface area (Å²) in [7, 11) is 2.09. The second-order valence-electron chi connectivity index (χ2n) is 4.50. The predicted molar refractivity (Wildman–Crippen MR) is 78.0 cm³/mol. The van der Waals surface area contributed by atoms with Gasteiger partial charge in [0.05, 0.1) is 17.2 Å². The number of nitrogens with zero attached hydrogens (tertiary/aromatic N) is 2. The predicted octanol–water partition coefficient (Wildman–Crippen LogP) is 2.86. The van der Waals surface area contributed by atoms with Gasteiger partial charge in [-0.05, 0) is 25.0 Å². The van der Waals surface area contributed by atoms with Crippen LogP contribution in [-0.2, 0) is 13.1 Å². The van der Waals surface area contributed by atoms with E-state index >= 15 is 0 Å². The number of para-hydroxylation sites is 1. The molecular formula is C14H19N3S. The zero-order chi connectivity index (χ0) is 13.1. The van der Waals surface area contributed by atoms with Crippen LogP contribution in [0.5, 0.6) is 0 Å². The van der Waals surface area contributed by atoms with Gasteiger partial charge in [0.2, 0.25) is 0 Å². The highest BCUT2D eigenvalue weighted by atomic mass is 32.1. The van der Waals surface area contributed by atoms with E-state index in [9.17, 15) is 0 Å². The highest BCUT2D eigenvalue weighted by Gasteiger charge is 2.11. The number of aromatic nitrogens is 1.